The lowest BCUT2D eigenvalue weighted by atomic mass is 10.2. The number of hydrogen-bond acceptors (Lipinski definition) is 7. The van der Waals surface area contributed by atoms with E-state index in [-0.39, 0.29) is 26.1 Å². The number of allylic oxidation sites excluding steroid dienone is 32. The van der Waals surface area contributed by atoms with E-state index in [1.807, 2.05) is 33.3 Å². The third kappa shape index (κ3) is 58.1. The SMILES string of the molecule is CC/C=C\C/C=C\C/C=C\C/C=C\C/C=C\C/C=C\C/C=C\C/C=C\C/C=C\CCCC(=O)OC(COC(=O)CCC/C=C\C/C=C\C/C=C\C/C=C\C/C=C\C/C=C\C/C=C\CC)COP(=O)(O)OCC[N+](C)(C)C. The standard InChI is InChI=1S/C66H100NO8P/c1-6-8-10-12-14-16-18-20-22-24-26-28-30-31-32-33-34-35-37-39-41-43-45-47-49-51-53-55-57-59-66(69)75-64(63-74-76(70,71)73-61-60-67(3,4)5)62-72-65(68)58-56-54-52-50-48-46-44-42-40-38-36-29-27-25-23-21-19-17-15-13-11-9-7-2/h8-11,14-17,20-23,26-29,31-32,34-35,38-41,44-47,50-53,64H,6-7,12-13,18-19,24-25,30,33,36-37,42-43,48-49,54-63H2,1-5H3/p+1/b10-8-,11-9-,16-14-,17-15-,22-20-,23-21-,28-26-,29-27-,32-31-,35-34-,40-38-,41-39-,46-44-,47-45-,52-50-,53-51-. The monoisotopic (exact) mass is 1070 g/mol. The molecule has 0 rings (SSSR count). The summed E-state index contributed by atoms with van der Waals surface area (Å²) in [5.41, 5.74) is 0. The summed E-state index contributed by atoms with van der Waals surface area (Å²) in [7, 11) is 1.37. The Kier molecular flexibility index (Phi) is 50.9. The summed E-state index contributed by atoms with van der Waals surface area (Å²) in [5.74, 6) is -0.960. The van der Waals surface area contributed by atoms with E-state index in [1.165, 1.54) is 0 Å². The third-order valence-corrected chi connectivity index (χ3v) is 11.6. The van der Waals surface area contributed by atoms with Gasteiger partial charge in [0.2, 0.25) is 0 Å². The molecule has 0 aliphatic carbocycles. The smallest absolute Gasteiger partial charge is 0.462 e. The van der Waals surface area contributed by atoms with Gasteiger partial charge in [0.1, 0.15) is 19.8 Å². The number of esters is 2. The number of rotatable bonds is 48. The Morgan fingerprint density at radius 3 is 0.974 bits per heavy atom. The summed E-state index contributed by atoms with van der Waals surface area (Å²) in [6.07, 6.45) is 86.6. The molecule has 0 amide bonds. The van der Waals surface area contributed by atoms with E-state index in [0.29, 0.717) is 36.7 Å². The van der Waals surface area contributed by atoms with Crippen LogP contribution in [0.4, 0.5) is 0 Å². The molecule has 0 aromatic rings. The van der Waals surface area contributed by atoms with Crippen LogP contribution in [0.2, 0.25) is 0 Å². The highest BCUT2D eigenvalue weighted by molar-refractivity contribution is 7.47. The lowest BCUT2D eigenvalue weighted by molar-refractivity contribution is -0.870. The molecule has 0 aliphatic heterocycles. The molecule has 0 radical (unpaired) electrons. The topological polar surface area (TPSA) is 108 Å². The van der Waals surface area contributed by atoms with Crippen molar-refractivity contribution >= 4 is 19.8 Å². The Bertz CT molecular complexity index is 1980. The summed E-state index contributed by atoms with van der Waals surface area (Å²) in [4.78, 5) is 35.6. The van der Waals surface area contributed by atoms with Crippen LogP contribution in [-0.2, 0) is 32.7 Å². The number of carbonyl (C=O) groups excluding carboxylic acids is 2. The van der Waals surface area contributed by atoms with Gasteiger partial charge in [0.25, 0.3) is 0 Å². The quantitative estimate of drug-likeness (QED) is 0.0211. The molecule has 2 atom stereocenters. The number of phosphoric acid groups is 1. The van der Waals surface area contributed by atoms with Crippen LogP contribution in [-0.4, -0.2) is 74.9 Å². The van der Waals surface area contributed by atoms with Gasteiger partial charge in [0, 0.05) is 12.8 Å². The zero-order valence-corrected chi connectivity index (χ0v) is 48.5. The molecule has 0 bridgehead atoms. The Morgan fingerprint density at radius 1 is 0.408 bits per heavy atom. The van der Waals surface area contributed by atoms with Gasteiger partial charge in [0.05, 0.1) is 27.7 Å². The van der Waals surface area contributed by atoms with Gasteiger partial charge in [-0.2, -0.15) is 0 Å². The van der Waals surface area contributed by atoms with Crippen LogP contribution >= 0.6 is 7.82 Å². The molecule has 10 heteroatoms. The molecule has 0 spiro atoms. The Morgan fingerprint density at radius 2 is 0.684 bits per heavy atom. The molecule has 0 heterocycles. The van der Waals surface area contributed by atoms with Crippen molar-refractivity contribution in [3.8, 4) is 0 Å². The van der Waals surface area contributed by atoms with E-state index >= 15 is 0 Å². The van der Waals surface area contributed by atoms with Gasteiger partial charge >= 0.3 is 19.8 Å². The number of unbranched alkanes of at least 4 members (excludes halogenated alkanes) is 2. The molecule has 0 aliphatic rings. The number of carbonyl (C=O) groups is 2. The van der Waals surface area contributed by atoms with E-state index in [2.05, 4.69) is 196 Å². The Hall–Kier alpha value is -5.15. The highest BCUT2D eigenvalue weighted by Gasteiger charge is 2.27. The first-order chi connectivity index (χ1) is 37.0. The fourth-order valence-electron chi connectivity index (χ4n) is 6.36. The number of likely N-dealkylation sites (N-methyl/N-ethyl adjacent to an activating group) is 1. The van der Waals surface area contributed by atoms with Crippen LogP contribution in [0, 0.1) is 0 Å². The van der Waals surface area contributed by atoms with Gasteiger partial charge in [-0.25, -0.2) is 4.57 Å². The minimum absolute atomic E-state index is 0.00135. The van der Waals surface area contributed by atoms with Crippen LogP contribution in [0.3, 0.4) is 0 Å². The molecule has 76 heavy (non-hydrogen) atoms. The molecule has 0 saturated heterocycles. The van der Waals surface area contributed by atoms with Gasteiger partial charge < -0.3 is 18.9 Å². The summed E-state index contributed by atoms with van der Waals surface area (Å²) in [6.45, 7) is 4.02. The van der Waals surface area contributed by atoms with Crippen molar-refractivity contribution < 1.29 is 42.1 Å². The maximum absolute atomic E-state index is 12.8. The maximum Gasteiger partial charge on any atom is 0.472 e. The highest BCUT2D eigenvalue weighted by atomic mass is 31.2. The average Bonchev–Trinajstić information content (AvgIpc) is 3.38. The van der Waals surface area contributed by atoms with Gasteiger partial charge in [0.15, 0.2) is 6.10 Å². The molecule has 0 aromatic carbocycles. The molecule has 1 N–H and O–H groups in total. The van der Waals surface area contributed by atoms with Gasteiger partial charge in [-0.3, -0.25) is 18.6 Å². The predicted molar refractivity (Wildman–Crippen MR) is 325 cm³/mol. The molecule has 9 nitrogen and oxygen atoms in total. The second-order valence-corrected chi connectivity index (χ2v) is 20.3. The van der Waals surface area contributed by atoms with Crippen molar-refractivity contribution in [3.63, 3.8) is 0 Å². The molecular formula is C66H101NO8P+. The van der Waals surface area contributed by atoms with Crippen LogP contribution in [0.15, 0.2) is 194 Å². The second-order valence-electron chi connectivity index (χ2n) is 18.8. The van der Waals surface area contributed by atoms with Gasteiger partial charge in [-0.1, -0.05) is 208 Å². The third-order valence-electron chi connectivity index (χ3n) is 10.6. The zero-order chi connectivity index (χ0) is 55.6. The molecule has 0 fully saturated rings. The normalized spacial score (nSPS) is 14.8. The Labute approximate surface area is 463 Å². The minimum atomic E-state index is -4.43. The lowest BCUT2D eigenvalue weighted by Crippen LogP contribution is -2.37. The second kappa shape index (κ2) is 54.6. The summed E-state index contributed by atoms with van der Waals surface area (Å²) >= 11 is 0. The number of ether oxygens (including phenoxy) is 2. The predicted octanol–water partition coefficient (Wildman–Crippen LogP) is 17.8. The van der Waals surface area contributed by atoms with Crippen LogP contribution < -0.4 is 0 Å². The van der Waals surface area contributed by atoms with Crippen molar-refractivity contribution in [1.29, 1.82) is 0 Å². The van der Waals surface area contributed by atoms with Crippen LogP contribution in [0.5, 0.6) is 0 Å². The molecule has 0 aromatic heterocycles. The number of phosphoric ester groups is 1. The first-order valence-corrected chi connectivity index (χ1v) is 29.7. The first-order valence-electron chi connectivity index (χ1n) is 28.2. The van der Waals surface area contributed by atoms with E-state index < -0.39 is 32.5 Å². The summed E-state index contributed by atoms with van der Waals surface area (Å²) in [6, 6.07) is 0. The number of quaternary nitrogens is 1. The average molecular weight is 1070 g/mol. The minimum Gasteiger partial charge on any atom is -0.462 e. The largest absolute Gasteiger partial charge is 0.472 e. The number of hydrogen-bond donors (Lipinski definition) is 1. The lowest BCUT2D eigenvalue weighted by Gasteiger charge is -2.24. The maximum atomic E-state index is 12.8. The molecule has 0 saturated carbocycles. The molecule has 2 unspecified atom stereocenters. The van der Waals surface area contributed by atoms with Crippen molar-refractivity contribution in [2.24, 2.45) is 0 Å². The first kappa shape index (κ1) is 70.8. The fourth-order valence-corrected chi connectivity index (χ4v) is 7.10. The zero-order valence-electron chi connectivity index (χ0n) is 47.6. The van der Waals surface area contributed by atoms with Gasteiger partial charge in [-0.15, -0.1) is 0 Å². The van der Waals surface area contributed by atoms with Crippen molar-refractivity contribution in [2.45, 2.75) is 161 Å². The van der Waals surface area contributed by atoms with Gasteiger partial charge in [-0.05, 0) is 128 Å². The molecule has 422 valence electrons. The summed E-state index contributed by atoms with van der Waals surface area (Å²) in [5, 5.41) is 0. The van der Waals surface area contributed by atoms with Crippen molar-refractivity contribution in [1.82, 2.24) is 0 Å². The number of nitrogens with zero attached hydrogens (tertiary/aromatic N) is 1. The Balaban J connectivity index is 4.47. The van der Waals surface area contributed by atoms with E-state index in [4.69, 9.17) is 18.5 Å². The van der Waals surface area contributed by atoms with E-state index in [0.717, 1.165) is 103 Å². The van der Waals surface area contributed by atoms with Crippen LogP contribution in [0.25, 0.3) is 0 Å². The van der Waals surface area contributed by atoms with Crippen LogP contribution in [0.1, 0.15) is 155 Å². The fraction of sp³-hybridized carbons (Fsp3) is 0.485. The van der Waals surface area contributed by atoms with Crippen molar-refractivity contribution in [2.75, 3.05) is 47.5 Å². The highest BCUT2D eigenvalue weighted by Crippen LogP contribution is 2.43. The van der Waals surface area contributed by atoms with E-state index in [9.17, 15) is 19.0 Å². The van der Waals surface area contributed by atoms with E-state index in [1.54, 1.807) is 0 Å². The molecular weight excluding hydrogens is 966 g/mol. The van der Waals surface area contributed by atoms with Crippen molar-refractivity contribution in [3.05, 3.63) is 194 Å². The summed E-state index contributed by atoms with van der Waals surface area (Å²) < 4.78 is 34.4.